The van der Waals surface area contributed by atoms with E-state index in [1.165, 1.54) is 16.9 Å². The summed E-state index contributed by atoms with van der Waals surface area (Å²) in [5.41, 5.74) is 2.20. The van der Waals surface area contributed by atoms with Crippen molar-refractivity contribution in [2.45, 2.75) is 11.8 Å². The van der Waals surface area contributed by atoms with E-state index in [1.54, 1.807) is 0 Å². The van der Waals surface area contributed by atoms with Crippen molar-refractivity contribution < 1.29 is 4.79 Å². The second kappa shape index (κ2) is 6.16. The van der Waals surface area contributed by atoms with Gasteiger partial charge in [0.05, 0.1) is 9.70 Å². The molecular formula is C14H14BrNOS. The second-order valence-electron chi connectivity index (χ2n) is 4.02. The molecule has 1 N–H and O–H groups in total. The van der Waals surface area contributed by atoms with Crippen LogP contribution in [-0.4, -0.2) is 12.5 Å². The topological polar surface area (TPSA) is 29.1 Å². The number of hydrogen-bond acceptors (Lipinski definition) is 2. The molecule has 0 aliphatic rings. The number of alkyl halides is 1. The van der Waals surface area contributed by atoms with Gasteiger partial charge in [-0.2, -0.15) is 0 Å². The number of halogens is 1. The van der Waals surface area contributed by atoms with Crippen LogP contribution in [0.3, 0.4) is 0 Å². The molecule has 0 saturated heterocycles. The Morgan fingerprint density at radius 3 is 2.67 bits per heavy atom. The van der Waals surface area contributed by atoms with Gasteiger partial charge in [-0.05, 0) is 29.5 Å². The van der Waals surface area contributed by atoms with Gasteiger partial charge < -0.3 is 5.32 Å². The predicted octanol–water partition coefficient (Wildman–Crippen LogP) is 3.92. The molecule has 4 heteroatoms. The Hall–Kier alpha value is -1.13. The van der Waals surface area contributed by atoms with Crippen LogP contribution in [0.1, 0.15) is 25.6 Å². The first-order valence-corrected chi connectivity index (χ1v) is 7.49. The van der Waals surface area contributed by atoms with E-state index in [0.29, 0.717) is 6.54 Å². The Balaban J connectivity index is 1.93. The van der Waals surface area contributed by atoms with Crippen LogP contribution in [0.4, 0.5) is 0 Å². The van der Waals surface area contributed by atoms with Crippen LogP contribution in [0.15, 0.2) is 41.8 Å². The number of benzene rings is 1. The van der Waals surface area contributed by atoms with Crippen molar-refractivity contribution >= 4 is 33.2 Å². The Kier molecular flexibility index (Phi) is 4.55. The van der Waals surface area contributed by atoms with Crippen LogP contribution in [0.25, 0.3) is 0 Å². The average Bonchev–Trinajstić information content (AvgIpc) is 2.83. The van der Waals surface area contributed by atoms with Crippen LogP contribution in [0.2, 0.25) is 0 Å². The third-order valence-electron chi connectivity index (χ3n) is 2.67. The van der Waals surface area contributed by atoms with Crippen molar-refractivity contribution in [3.8, 4) is 0 Å². The molecule has 0 fully saturated rings. The predicted molar refractivity (Wildman–Crippen MR) is 79.5 cm³/mol. The van der Waals surface area contributed by atoms with Gasteiger partial charge in [0.1, 0.15) is 0 Å². The maximum Gasteiger partial charge on any atom is 0.261 e. The largest absolute Gasteiger partial charge is 0.350 e. The standard InChI is InChI=1S/C14H14BrNOS/c1-10-7-8-18-13(10)14(17)16-9-12(15)11-5-3-2-4-6-11/h2-8,12H,9H2,1H3,(H,16,17). The Labute approximate surface area is 119 Å². The van der Waals surface area contributed by atoms with Crippen molar-refractivity contribution in [3.63, 3.8) is 0 Å². The van der Waals surface area contributed by atoms with E-state index in [1.807, 2.05) is 48.7 Å². The van der Waals surface area contributed by atoms with Crippen molar-refractivity contribution in [3.05, 3.63) is 57.8 Å². The maximum absolute atomic E-state index is 11.9. The summed E-state index contributed by atoms with van der Waals surface area (Å²) < 4.78 is 0. The zero-order valence-electron chi connectivity index (χ0n) is 10.0. The number of rotatable bonds is 4. The number of nitrogens with one attached hydrogen (secondary N) is 1. The summed E-state index contributed by atoms with van der Waals surface area (Å²) in [5, 5.41) is 4.89. The molecule has 1 unspecified atom stereocenters. The van der Waals surface area contributed by atoms with Crippen molar-refractivity contribution in [1.29, 1.82) is 0 Å². The summed E-state index contributed by atoms with van der Waals surface area (Å²) in [5.74, 6) is 0.00267. The first-order chi connectivity index (χ1) is 8.68. The molecule has 1 aromatic heterocycles. The van der Waals surface area contributed by atoms with E-state index in [4.69, 9.17) is 0 Å². The van der Waals surface area contributed by atoms with E-state index in [2.05, 4.69) is 21.2 Å². The summed E-state index contributed by atoms with van der Waals surface area (Å²) in [6, 6.07) is 12.0. The monoisotopic (exact) mass is 323 g/mol. The lowest BCUT2D eigenvalue weighted by Crippen LogP contribution is -2.26. The summed E-state index contributed by atoms with van der Waals surface area (Å²) in [4.78, 5) is 12.9. The molecule has 18 heavy (non-hydrogen) atoms. The Morgan fingerprint density at radius 2 is 2.06 bits per heavy atom. The summed E-state index contributed by atoms with van der Waals surface area (Å²) in [7, 11) is 0. The fraction of sp³-hybridized carbons (Fsp3) is 0.214. The molecule has 2 rings (SSSR count). The fourth-order valence-corrected chi connectivity index (χ4v) is 2.96. The van der Waals surface area contributed by atoms with Crippen molar-refractivity contribution in [2.24, 2.45) is 0 Å². The molecule has 0 aliphatic carbocycles. The minimum atomic E-state index is 0.00267. The SMILES string of the molecule is Cc1ccsc1C(=O)NCC(Br)c1ccccc1. The number of aryl methyl sites for hydroxylation is 1. The quantitative estimate of drug-likeness (QED) is 0.849. The molecule has 0 spiro atoms. The lowest BCUT2D eigenvalue weighted by Gasteiger charge is -2.11. The molecule has 2 nitrogen and oxygen atoms in total. The molecule has 1 heterocycles. The van der Waals surface area contributed by atoms with E-state index in [0.717, 1.165) is 10.4 Å². The van der Waals surface area contributed by atoms with Crippen LogP contribution >= 0.6 is 27.3 Å². The van der Waals surface area contributed by atoms with Crippen molar-refractivity contribution in [1.82, 2.24) is 5.32 Å². The Morgan fingerprint density at radius 1 is 1.33 bits per heavy atom. The highest BCUT2D eigenvalue weighted by molar-refractivity contribution is 9.09. The Bertz CT molecular complexity index is 524. The van der Waals surface area contributed by atoms with Crippen LogP contribution in [-0.2, 0) is 0 Å². The molecule has 2 aromatic rings. The van der Waals surface area contributed by atoms with Crippen molar-refractivity contribution in [2.75, 3.05) is 6.54 Å². The van der Waals surface area contributed by atoms with Crippen LogP contribution < -0.4 is 5.32 Å². The zero-order valence-corrected chi connectivity index (χ0v) is 12.4. The molecule has 0 bridgehead atoms. The van der Waals surface area contributed by atoms with Crippen LogP contribution in [0.5, 0.6) is 0 Å². The number of carbonyl (C=O) groups is 1. The van der Waals surface area contributed by atoms with E-state index < -0.39 is 0 Å². The molecular weight excluding hydrogens is 310 g/mol. The van der Waals surface area contributed by atoms with Gasteiger partial charge in [-0.1, -0.05) is 46.3 Å². The van der Waals surface area contributed by atoms with Gasteiger partial charge in [0.2, 0.25) is 0 Å². The number of carbonyl (C=O) groups excluding carboxylic acids is 1. The molecule has 0 saturated carbocycles. The molecule has 0 radical (unpaired) electrons. The van der Waals surface area contributed by atoms with Gasteiger partial charge >= 0.3 is 0 Å². The van der Waals surface area contributed by atoms with Gasteiger partial charge in [-0.25, -0.2) is 0 Å². The molecule has 1 aromatic carbocycles. The zero-order chi connectivity index (χ0) is 13.0. The normalized spacial score (nSPS) is 12.1. The first kappa shape index (κ1) is 13.3. The first-order valence-electron chi connectivity index (χ1n) is 5.70. The summed E-state index contributed by atoms with van der Waals surface area (Å²) in [6.07, 6.45) is 0. The highest BCUT2D eigenvalue weighted by Gasteiger charge is 2.12. The number of hydrogen-bond donors (Lipinski definition) is 1. The average molecular weight is 324 g/mol. The van der Waals surface area contributed by atoms with Gasteiger partial charge in [-0.3, -0.25) is 4.79 Å². The second-order valence-corrected chi connectivity index (χ2v) is 6.04. The minimum absolute atomic E-state index is 0.00267. The van der Waals surface area contributed by atoms with Gasteiger partial charge in [0.25, 0.3) is 5.91 Å². The number of amides is 1. The van der Waals surface area contributed by atoms with E-state index in [-0.39, 0.29) is 10.7 Å². The molecule has 1 atom stereocenters. The van der Waals surface area contributed by atoms with Gasteiger partial charge in [0.15, 0.2) is 0 Å². The fourth-order valence-electron chi connectivity index (χ4n) is 1.65. The van der Waals surface area contributed by atoms with E-state index in [9.17, 15) is 4.79 Å². The molecule has 0 aliphatic heterocycles. The van der Waals surface area contributed by atoms with Gasteiger partial charge in [0, 0.05) is 6.54 Å². The molecule has 94 valence electrons. The van der Waals surface area contributed by atoms with Gasteiger partial charge in [-0.15, -0.1) is 11.3 Å². The third-order valence-corrected chi connectivity index (χ3v) is 4.54. The highest BCUT2D eigenvalue weighted by Crippen LogP contribution is 2.22. The lowest BCUT2D eigenvalue weighted by atomic mass is 10.1. The highest BCUT2D eigenvalue weighted by atomic mass is 79.9. The maximum atomic E-state index is 11.9. The summed E-state index contributed by atoms with van der Waals surface area (Å²) in [6.45, 7) is 2.54. The van der Waals surface area contributed by atoms with Crippen LogP contribution in [0, 0.1) is 6.92 Å². The lowest BCUT2D eigenvalue weighted by molar-refractivity contribution is 0.0957. The molecule has 1 amide bonds. The smallest absolute Gasteiger partial charge is 0.261 e. The summed E-state index contributed by atoms with van der Waals surface area (Å²) >= 11 is 5.06. The third kappa shape index (κ3) is 3.21. The van der Waals surface area contributed by atoms with E-state index >= 15 is 0 Å². The number of thiophene rings is 1. The minimum Gasteiger partial charge on any atom is -0.350 e.